The molecule has 1 aliphatic rings. The maximum Gasteiger partial charge on any atom is 0.433 e. The molecular weight excluding hydrogens is 549 g/mol. The number of carbonyl (C=O) groups is 1. The molecule has 202 valence electrons. The molecule has 1 saturated heterocycles. The molecule has 0 bridgehead atoms. The molecule has 0 N–H and O–H groups in total. The summed E-state index contributed by atoms with van der Waals surface area (Å²) in [6.07, 6.45) is 3.67. The van der Waals surface area contributed by atoms with Crippen LogP contribution < -0.4 is 5.01 Å². The minimum Gasteiger partial charge on any atom is -0.400 e. The predicted octanol–water partition coefficient (Wildman–Crippen LogP) is 5.18. The first-order valence-electron chi connectivity index (χ1n) is 11.9. The highest BCUT2D eigenvalue weighted by atomic mass is 32.2. The monoisotopic (exact) mass is 571 g/mol. The summed E-state index contributed by atoms with van der Waals surface area (Å²) in [7, 11) is -3.73. The highest BCUT2D eigenvalue weighted by molar-refractivity contribution is 7.89. The number of benzene rings is 2. The number of halogens is 1. The van der Waals surface area contributed by atoms with E-state index >= 15 is 0 Å². The quantitative estimate of drug-likeness (QED) is 0.169. The number of nitro groups is 1. The summed E-state index contributed by atoms with van der Waals surface area (Å²) in [4.78, 5) is 28.2. The van der Waals surface area contributed by atoms with Crippen molar-refractivity contribution in [3.05, 3.63) is 81.9 Å². The summed E-state index contributed by atoms with van der Waals surface area (Å²) in [5, 5.41) is 16.1. The fourth-order valence-corrected chi connectivity index (χ4v) is 6.89. The zero-order valence-corrected chi connectivity index (χ0v) is 22.2. The van der Waals surface area contributed by atoms with E-state index in [2.05, 4.69) is 10.1 Å². The molecule has 1 fully saturated rings. The first-order valence-corrected chi connectivity index (χ1v) is 14.2. The van der Waals surface area contributed by atoms with Crippen LogP contribution in [-0.4, -0.2) is 47.3 Å². The van der Waals surface area contributed by atoms with E-state index in [9.17, 15) is 27.7 Å². The molecular formula is C25H22FN5O6S2. The maximum absolute atomic E-state index is 13.7. The van der Waals surface area contributed by atoms with Gasteiger partial charge in [0.15, 0.2) is 5.76 Å². The standard InChI is InChI=1S/C25H22FN5O6S2/c1-16-4-2-3-13-29(16)39(35,36)20-9-5-17(6-10-20)24(32)30(27-15-19-8-12-23(37-19)31(33)34)25-28-21-11-7-18(26)14-22(21)38-25/h5-12,14-16H,2-4,13H2,1H3/b27-15+. The Bertz CT molecular complexity index is 1680. The second-order valence-electron chi connectivity index (χ2n) is 8.89. The van der Waals surface area contributed by atoms with Crippen LogP contribution in [0.15, 0.2) is 69.0 Å². The molecule has 1 atom stereocenters. The Balaban J connectivity index is 1.48. The van der Waals surface area contributed by atoms with Crippen LogP contribution in [0.5, 0.6) is 0 Å². The normalized spacial score (nSPS) is 16.6. The van der Waals surface area contributed by atoms with Crippen LogP contribution in [0.25, 0.3) is 10.2 Å². The van der Waals surface area contributed by atoms with Crippen molar-refractivity contribution in [3.63, 3.8) is 0 Å². The number of nitrogens with zero attached hydrogens (tertiary/aromatic N) is 5. The Morgan fingerprint density at radius 1 is 1.23 bits per heavy atom. The van der Waals surface area contributed by atoms with Crippen molar-refractivity contribution >= 4 is 54.7 Å². The number of furan rings is 1. The molecule has 39 heavy (non-hydrogen) atoms. The minimum absolute atomic E-state index is 0.0174. The van der Waals surface area contributed by atoms with Gasteiger partial charge in [-0.05, 0) is 68.3 Å². The van der Waals surface area contributed by atoms with E-state index in [-0.39, 0.29) is 27.4 Å². The second kappa shape index (κ2) is 10.6. The number of rotatable bonds is 7. The van der Waals surface area contributed by atoms with Gasteiger partial charge in [-0.2, -0.15) is 14.4 Å². The molecule has 2 aromatic carbocycles. The lowest BCUT2D eigenvalue weighted by Gasteiger charge is -2.32. The number of hydrogen-bond donors (Lipinski definition) is 0. The third-order valence-electron chi connectivity index (χ3n) is 6.26. The average Bonchev–Trinajstić information content (AvgIpc) is 3.56. The van der Waals surface area contributed by atoms with Crippen molar-refractivity contribution in [1.29, 1.82) is 0 Å². The Morgan fingerprint density at radius 2 is 2.00 bits per heavy atom. The van der Waals surface area contributed by atoms with E-state index in [4.69, 9.17) is 4.42 Å². The Kier molecular flexibility index (Phi) is 7.25. The van der Waals surface area contributed by atoms with E-state index in [0.717, 1.165) is 47.9 Å². The van der Waals surface area contributed by atoms with Crippen LogP contribution in [-0.2, 0) is 10.0 Å². The Hall–Kier alpha value is -4.01. The number of fused-ring (bicyclic) bond motifs is 1. The van der Waals surface area contributed by atoms with Crippen LogP contribution in [0.3, 0.4) is 0 Å². The van der Waals surface area contributed by atoms with Gasteiger partial charge in [0, 0.05) is 18.2 Å². The summed E-state index contributed by atoms with van der Waals surface area (Å²) in [6.45, 7) is 2.32. The van der Waals surface area contributed by atoms with Gasteiger partial charge < -0.3 is 4.42 Å². The molecule has 11 nitrogen and oxygen atoms in total. The van der Waals surface area contributed by atoms with Crippen molar-refractivity contribution in [3.8, 4) is 0 Å². The number of anilines is 1. The predicted molar refractivity (Wildman–Crippen MR) is 143 cm³/mol. The molecule has 1 unspecified atom stereocenters. The Morgan fingerprint density at radius 3 is 2.69 bits per heavy atom. The van der Waals surface area contributed by atoms with E-state index in [0.29, 0.717) is 16.8 Å². The molecule has 0 spiro atoms. The fourth-order valence-electron chi connectivity index (χ4n) is 4.25. The van der Waals surface area contributed by atoms with Gasteiger partial charge in [0.25, 0.3) is 5.91 Å². The van der Waals surface area contributed by atoms with Gasteiger partial charge in [-0.1, -0.05) is 17.8 Å². The SMILES string of the molecule is CC1CCCCN1S(=O)(=O)c1ccc(C(=O)N(/N=C/c2ccc([N+](=O)[O-])o2)c2nc3ccc(F)cc3s2)cc1. The molecule has 0 saturated carbocycles. The van der Waals surface area contributed by atoms with E-state index in [1.165, 1.54) is 52.8 Å². The number of aromatic nitrogens is 1. The zero-order valence-electron chi connectivity index (χ0n) is 20.6. The number of carbonyl (C=O) groups excluding carboxylic acids is 1. The summed E-state index contributed by atoms with van der Waals surface area (Å²) in [5.41, 5.74) is 0.559. The summed E-state index contributed by atoms with van der Waals surface area (Å²) in [6, 6.07) is 11.9. The fraction of sp³-hybridized carbons (Fsp3) is 0.240. The lowest BCUT2D eigenvalue weighted by atomic mass is 10.1. The third-order valence-corrected chi connectivity index (χ3v) is 9.28. The summed E-state index contributed by atoms with van der Waals surface area (Å²) in [5.74, 6) is -1.60. The molecule has 3 heterocycles. The van der Waals surface area contributed by atoms with E-state index in [1.807, 2.05) is 6.92 Å². The van der Waals surface area contributed by atoms with Crippen molar-refractivity contribution in [2.75, 3.05) is 11.6 Å². The van der Waals surface area contributed by atoms with Gasteiger partial charge >= 0.3 is 5.88 Å². The van der Waals surface area contributed by atoms with E-state index in [1.54, 1.807) is 0 Å². The molecule has 1 amide bonds. The maximum atomic E-state index is 13.7. The average molecular weight is 572 g/mol. The van der Waals surface area contributed by atoms with Crippen molar-refractivity contribution in [2.45, 2.75) is 37.1 Å². The molecule has 1 aliphatic heterocycles. The van der Waals surface area contributed by atoms with Crippen LogP contribution in [0.4, 0.5) is 15.4 Å². The number of hydrazone groups is 1. The first kappa shape index (κ1) is 26.6. The topological polar surface area (TPSA) is 139 Å². The van der Waals surface area contributed by atoms with Crippen LogP contribution in [0.1, 0.15) is 42.3 Å². The van der Waals surface area contributed by atoms with Gasteiger partial charge in [-0.15, -0.1) is 0 Å². The van der Waals surface area contributed by atoms with Gasteiger partial charge in [0.2, 0.25) is 15.2 Å². The largest absolute Gasteiger partial charge is 0.433 e. The number of thiazole rings is 1. The van der Waals surface area contributed by atoms with Gasteiger partial charge in [0.1, 0.15) is 10.7 Å². The van der Waals surface area contributed by atoms with Crippen molar-refractivity contribution in [2.24, 2.45) is 5.10 Å². The van der Waals surface area contributed by atoms with Gasteiger partial charge in [0.05, 0.1) is 27.4 Å². The van der Waals surface area contributed by atoms with Crippen molar-refractivity contribution < 1.29 is 26.9 Å². The molecule has 4 aromatic rings. The van der Waals surface area contributed by atoms with Crippen LogP contribution in [0, 0.1) is 15.9 Å². The van der Waals surface area contributed by atoms with Gasteiger partial charge in [-0.25, -0.2) is 17.8 Å². The Labute approximate surface area is 226 Å². The highest BCUT2D eigenvalue weighted by Crippen LogP contribution is 2.31. The van der Waals surface area contributed by atoms with Crippen molar-refractivity contribution in [1.82, 2.24) is 9.29 Å². The van der Waals surface area contributed by atoms with Crippen LogP contribution >= 0.6 is 11.3 Å². The minimum atomic E-state index is -3.73. The smallest absolute Gasteiger partial charge is 0.400 e. The highest BCUT2D eigenvalue weighted by Gasteiger charge is 2.31. The zero-order chi connectivity index (χ0) is 27.7. The lowest BCUT2D eigenvalue weighted by molar-refractivity contribution is -0.402. The summed E-state index contributed by atoms with van der Waals surface area (Å²) >= 11 is 1.01. The van der Waals surface area contributed by atoms with E-state index < -0.39 is 32.6 Å². The van der Waals surface area contributed by atoms with Gasteiger partial charge in [-0.3, -0.25) is 14.9 Å². The molecule has 5 rings (SSSR count). The second-order valence-corrected chi connectivity index (χ2v) is 11.8. The lowest BCUT2D eigenvalue weighted by Crippen LogP contribution is -2.41. The molecule has 0 aliphatic carbocycles. The number of piperidine rings is 1. The third kappa shape index (κ3) is 5.44. The number of hydrogen-bond acceptors (Lipinski definition) is 9. The first-order chi connectivity index (χ1) is 18.6. The summed E-state index contributed by atoms with van der Waals surface area (Å²) < 4.78 is 47.2. The molecule has 14 heteroatoms. The molecule has 2 aromatic heterocycles. The number of amides is 1. The van der Waals surface area contributed by atoms with Crippen LogP contribution in [0.2, 0.25) is 0 Å². The number of sulfonamides is 1. The molecule has 0 radical (unpaired) electrons.